The minimum Gasteiger partial charge on any atom is -0.375 e. The van der Waals surface area contributed by atoms with E-state index in [1.165, 1.54) is 0 Å². The maximum absolute atomic E-state index is 6.21. The quantitative estimate of drug-likeness (QED) is 0.458. The largest absolute Gasteiger partial charge is 0.536 e. The van der Waals surface area contributed by atoms with Crippen molar-refractivity contribution in [1.29, 1.82) is 0 Å². The molecule has 0 saturated carbocycles. The molecule has 0 saturated heterocycles. The van der Waals surface area contributed by atoms with Crippen molar-refractivity contribution in [2.45, 2.75) is 58.0 Å². The van der Waals surface area contributed by atoms with E-state index in [-0.39, 0.29) is 0 Å². The van der Waals surface area contributed by atoms with Crippen molar-refractivity contribution in [3.8, 4) is 0 Å². The Hall–Kier alpha value is 0.0169. The molecule has 1 atom stereocenters. The van der Waals surface area contributed by atoms with Crippen LogP contribution in [0.15, 0.2) is 0 Å². The molecular weight excluding hydrogens is 264 g/mol. The first-order chi connectivity index (χ1) is 8.88. The van der Waals surface area contributed by atoms with E-state index in [1.54, 1.807) is 28.4 Å². The Balaban J connectivity index is 5.58. The van der Waals surface area contributed by atoms with Crippen LogP contribution in [0.1, 0.15) is 47.0 Å². The number of hydrogen-bond donors (Lipinski definition) is 0. The van der Waals surface area contributed by atoms with Crippen LogP contribution in [-0.4, -0.2) is 48.3 Å². The maximum Gasteiger partial charge on any atom is 0.536 e. The molecule has 0 radical (unpaired) electrons. The van der Waals surface area contributed by atoms with Crippen molar-refractivity contribution in [2.75, 3.05) is 28.4 Å². The molecule has 0 bridgehead atoms. The molecule has 0 amide bonds. The van der Waals surface area contributed by atoms with E-state index in [2.05, 4.69) is 0 Å². The summed E-state index contributed by atoms with van der Waals surface area (Å²) in [5, 5.41) is -0.564. The van der Waals surface area contributed by atoms with Gasteiger partial charge >= 0.3 is 8.80 Å². The molecule has 0 fully saturated rings. The van der Waals surface area contributed by atoms with E-state index in [4.69, 9.17) is 22.8 Å². The number of hydrogen-bond acceptors (Lipinski definition) is 5. The monoisotopic (exact) mass is 294 g/mol. The Kier molecular flexibility index (Phi) is 7.71. The summed E-state index contributed by atoms with van der Waals surface area (Å²) in [6.07, 6.45) is 2.19. The molecule has 1 unspecified atom stereocenters. The molecule has 0 N–H and O–H groups in total. The molecular formula is C13H30O5Si. The zero-order chi connectivity index (χ0) is 15.2. The lowest BCUT2D eigenvalue weighted by atomic mass is 10.2. The topological polar surface area (TPSA) is 46.2 Å². The number of methoxy groups -OCH3 is 2. The van der Waals surface area contributed by atoms with Gasteiger partial charge in [0.15, 0.2) is 5.79 Å². The highest BCUT2D eigenvalue weighted by Gasteiger charge is 2.62. The van der Waals surface area contributed by atoms with E-state index in [0.29, 0.717) is 6.42 Å². The Bertz CT molecular complexity index is 239. The molecule has 0 spiro atoms. The van der Waals surface area contributed by atoms with Gasteiger partial charge in [0.1, 0.15) is 5.22 Å². The molecule has 6 heteroatoms. The van der Waals surface area contributed by atoms with Gasteiger partial charge in [0.2, 0.25) is 0 Å². The van der Waals surface area contributed by atoms with Crippen molar-refractivity contribution in [2.24, 2.45) is 0 Å². The second-order valence-electron chi connectivity index (χ2n) is 4.66. The van der Waals surface area contributed by atoms with Crippen LogP contribution >= 0.6 is 0 Å². The lowest BCUT2D eigenvalue weighted by Gasteiger charge is -2.46. The maximum atomic E-state index is 6.21. The van der Waals surface area contributed by atoms with E-state index in [0.717, 1.165) is 12.8 Å². The molecule has 19 heavy (non-hydrogen) atoms. The second-order valence-corrected chi connectivity index (χ2v) is 7.71. The third kappa shape index (κ3) is 3.56. The zero-order valence-corrected chi connectivity index (χ0v) is 14.7. The Morgan fingerprint density at radius 3 is 1.47 bits per heavy atom. The normalized spacial score (nSPS) is 16.4. The van der Waals surface area contributed by atoms with E-state index < -0.39 is 19.8 Å². The molecule has 116 valence electrons. The summed E-state index contributed by atoms with van der Waals surface area (Å²) >= 11 is 0. The first kappa shape index (κ1) is 19.0. The van der Waals surface area contributed by atoms with Gasteiger partial charge in [0.05, 0.1) is 0 Å². The zero-order valence-electron chi connectivity index (χ0n) is 13.7. The third-order valence-electron chi connectivity index (χ3n) is 4.05. The summed E-state index contributed by atoms with van der Waals surface area (Å²) in [5.41, 5.74) is 0. The summed E-state index contributed by atoms with van der Waals surface area (Å²) in [7, 11) is 3.47. The van der Waals surface area contributed by atoms with Crippen LogP contribution in [0, 0.1) is 0 Å². The highest BCUT2D eigenvalue weighted by Crippen LogP contribution is 2.37. The smallest absolute Gasteiger partial charge is 0.375 e. The minimum absolute atomic E-state index is 0.564. The van der Waals surface area contributed by atoms with Gasteiger partial charge in [-0.05, 0) is 26.2 Å². The standard InChI is InChI=1S/C13H30O5Si/c1-9-12(4,14-5)18-19(16-7,17-8)13(10-2,11-3)15-6/h9-11H2,1-8H3. The van der Waals surface area contributed by atoms with Gasteiger partial charge in [-0.15, -0.1) is 0 Å². The van der Waals surface area contributed by atoms with Crippen LogP contribution < -0.4 is 0 Å². The predicted molar refractivity (Wildman–Crippen MR) is 76.9 cm³/mol. The van der Waals surface area contributed by atoms with Gasteiger partial charge < -0.3 is 22.8 Å². The van der Waals surface area contributed by atoms with Gasteiger partial charge in [0.25, 0.3) is 0 Å². The van der Waals surface area contributed by atoms with Gasteiger partial charge in [-0.1, -0.05) is 20.8 Å². The molecule has 0 aliphatic rings. The van der Waals surface area contributed by atoms with Gasteiger partial charge in [-0.25, -0.2) is 0 Å². The second kappa shape index (κ2) is 7.71. The lowest BCUT2D eigenvalue weighted by molar-refractivity contribution is -0.197. The summed E-state index contributed by atoms with van der Waals surface area (Å²) in [4.78, 5) is 0. The highest BCUT2D eigenvalue weighted by molar-refractivity contribution is 6.64. The summed E-state index contributed by atoms with van der Waals surface area (Å²) in [5.74, 6) is -0.744. The number of ether oxygens (including phenoxy) is 2. The van der Waals surface area contributed by atoms with Gasteiger partial charge in [0, 0.05) is 28.4 Å². The third-order valence-corrected chi connectivity index (χ3v) is 7.86. The van der Waals surface area contributed by atoms with E-state index in [9.17, 15) is 0 Å². The van der Waals surface area contributed by atoms with Crippen LogP contribution in [0.3, 0.4) is 0 Å². The van der Waals surface area contributed by atoms with E-state index >= 15 is 0 Å². The van der Waals surface area contributed by atoms with Crippen molar-refractivity contribution in [1.82, 2.24) is 0 Å². The van der Waals surface area contributed by atoms with Crippen LogP contribution in [0.2, 0.25) is 0 Å². The Labute approximate surface area is 118 Å². The first-order valence-corrected chi connectivity index (χ1v) is 8.51. The van der Waals surface area contributed by atoms with Crippen molar-refractivity contribution in [3.05, 3.63) is 0 Å². The average molecular weight is 294 g/mol. The molecule has 0 rings (SSSR count). The molecule has 0 heterocycles. The molecule has 0 aliphatic heterocycles. The van der Waals surface area contributed by atoms with E-state index in [1.807, 2.05) is 27.7 Å². The molecule has 0 aromatic carbocycles. The SMILES string of the molecule is CCC(C)(OC)O[Si](OC)(OC)C(CC)(CC)OC. The summed E-state index contributed by atoms with van der Waals surface area (Å²) in [6.45, 7) is 7.98. The van der Waals surface area contributed by atoms with Crippen LogP contribution in [-0.2, 0) is 22.8 Å². The highest BCUT2D eigenvalue weighted by atomic mass is 28.4. The summed E-state index contributed by atoms with van der Waals surface area (Å²) in [6, 6.07) is 0. The molecule has 0 aliphatic carbocycles. The molecule has 0 aromatic rings. The van der Waals surface area contributed by atoms with Crippen molar-refractivity contribution in [3.63, 3.8) is 0 Å². The van der Waals surface area contributed by atoms with Crippen molar-refractivity contribution >= 4 is 8.80 Å². The van der Waals surface area contributed by atoms with Crippen LogP contribution in [0.25, 0.3) is 0 Å². The van der Waals surface area contributed by atoms with Crippen LogP contribution in [0.5, 0.6) is 0 Å². The van der Waals surface area contributed by atoms with Gasteiger partial charge in [-0.3, -0.25) is 0 Å². The average Bonchev–Trinajstić information content (AvgIpc) is 2.47. The Morgan fingerprint density at radius 2 is 1.26 bits per heavy atom. The Morgan fingerprint density at radius 1 is 0.789 bits per heavy atom. The van der Waals surface area contributed by atoms with Crippen molar-refractivity contribution < 1.29 is 22.8 Å². The fraction of sp³-hybridized carbons (Fsp3) is 1.00. The minimum atomic E-state index is -3.05. The fourth-order valence-electron chi connectivity index (χ4n) is 2.27. The molecule has 5 nitrogen and oxygen atoms in total. The number of rotatable bonds is 10. The first-order valence-electron chi connectivity index (χ1n) is 6.79. The fourth-order valence-corrected chi connectivity index (χ4v) is 5.45. The summed E-state index contributed by atoms with van der Waals surface area (Å²) < 4.78 is 28.9. The predicted octanol–water partition coefficient (Wildman–Crippen LogP) is 2.75. The van der Waals surface area contributed by atoms with Crippen LogP contribution in [0.4, 0.5) is 0 Å². The molecule has 0 aromatic heterocycles. The van der Waals surface area contributed by atoms with Gasteiger partial charge in [-0.2, -0.15) is 0 Å². The lowest BCUT2D eigenvalue weighted by Crippen LogP contribution is -2.67.